The molecule has 3 saturated heterocycles. The topological polar surface area (TPSA) is 130 Å². The van der Waals surface area contributed by atoms with Gasteiger partial charge in [-0.25, -0.2) is 23.5 Å². The van der Waals surface area contributed by atoms with Crippen LogP contribution in [0.15, 0.2) is 53.6 Å². The highest BCUT2D eigenvalue weighted by atomic mass is 32.2. The molecule has 2 aromatic carbocycles. The minimum Gasteiger partial charge on any atom is -0.348 e. The van der Waals surface area contributed by atoms with E-state index >= 15 is 0 Å². The van der Waals surface area contributed by atoms with Gasteiger partial charge in [0.2, 0.25) is 16.0 Å². The molecule has 0 unspecified atom stereocenters. The van der Waals surface area contributed by atoms with Gasteiger partial charge in [0.25, 0.3) is 5.91 Å². The van der Waals surface area contributed by atoms with Gasteiger partial charge in [0.15, 0.2) is 0 Å². The Labute approximate surface area is 186 Å². The zero-order valence-electron chi connectivity index (χ0n) is 17.4. The summed E-state index contributed by atoms with van der Waals surface area (Å²) < 4.78 is 22.9. The van der Waals surface area contributed by atoms with E-state index in [1.54, 1.807) is 24.4 Å². The van der Waals surface area contributed by atoms with Crippen LogP contribution in [0.25, 0.3) is 10.9 Å². The fourth-order valence-electron chi connectivity index (χ4n) is 4.53. The van der Waals surface area contributed by atoms with Crippen molar-refractivity contribution in [2.45, 2.75) is 23.8 Å². The lowest BCUT2D eigenvalue weighted by molar-refractivity contribution is 0.0621. The van der Waals surface area contributed by atoms with Gasteiger partial charge in [-0.3, -0.25) is 4.79 Å². The van der Waals surface area contributed by atoms with Crippen molar-refractivity contribution in [1.82, 2.24) is 20.2 Å². The molecule has 2 bridgehead atoms. The highest BCUT2D eigenvalue weighted by molar-refractivity contribution is 7.89. The van der Waals surface area contributed by atoms with Crippen LogP contribution in [-0.4, -0.2) is 54.9 Å². The van der Waals surface area contributed by atoms with Gasteiger partial charge in [0, 0.05) is 29.9 Å². The van der Waals surface area contributed by atoms with Gasteiger partial charge >= 0.3 is 0 Å². The van der Waals surface area contributed by atoms with E-state index in [1.165, 1.54) is 12.1 Å². The third kappa shape index (κ3) is 4.16. The SMILES string of the molecule is NS(=O)(=O)c1ccc(Nc2ncc3cccc(C(=O)N[C@H]4CN5CCC4CC5)c3n2)cc1. The van der Waals surface area contributed by atoms with Crippen LogP contribution < -0.4 is 15.8 Å². The van der Waals surface area contributed by atoms with Crippen molar-refractivity contribution in [1.29, 1.82) is 0 Å². The average molecular weight is 453 g/mol. The number of anilines is 2. The molecule has 3 fully saturated rings. The number of benzene rings is 2. The van der Waals surface area contributed by atoms with Gasteiger partial charge in [-0.15, -0.1) is 0 Å². The smallest absolute Gasteiger partial charge is 0.253 e. The average Bonchev–Trinajstić information content (AvgIpc) is 2.79. The van der Waals surface area contributed by atoms with Crippen LogP contribution in [0.2, 0.25) is 0 Å². The number of nitrogens with one attached hydrogen (secondary N) is 2. The second-order valence-electron chi connectivity index (χ2n) is 8.35. The summed E-state index contributed by atoms with van der Waals surface area (Å²) >= 11 is 0. The molecule has 3 aliphatic heterocycles. The molecule has 0 spiro atoms. The Bertz CT molecular complexity index is 1270. The molecule has 32 heavy (non-hydrogen) atoms. The Morgan fingerprint density at radius 3 is 2.50 bits per heavy atom. The van der Waals surface area contributed by atoms with Gasteiger partial charge in [0.05, 0.1) is 16.0 Å². The lowest BCUT2D eigenvalue weighted by Crippen LogP contribution is -2.57. The van der Waals surface area contributed by atoms with Crippen LogP contribution in [0.5, 0.6) is 0 Å². The molecule has 4 heterocycles. The molecule has 4 N–H and O–H groups in total. The lowest BCUT2D eigenvalue weighted by atomic mass is 9.84. The van der Waals surface area contributed by atoms with Crippen LogP contribution in [0, 0.1) is 5.92 Å². The number of nitrogens with zero attached hydrogens (tertiary/aromatic N) is 3. The fourth-order valence-corrected chi connectivity index (χ4v) is 5.05. The highest BCUT2D eigenvalue weighted by Gasteiger charge is 2.35. The van der Waals surface area contributed by atoms with E-state index < -0.39 is 10.0 Å². The van der Waals surface area contributed by atoms with Crippen LogP contribution in [0.4, 0.5) is 11.6 Å². The number of hydrogen-bond acceptors (Lipinski definition) is 7. The second-order valence-corrected chi connectivity index (χ2v) is 9.91. The maximum Gasteiger partial charge on any atom is 0.253 e. The quantitative estimate of drug-likeness (QED) is 0.538. The van der Waals surface area contributed by atoms with Gasteiger partial charge in [-0.05, 0) is 62.2 Å². The molecular formula is C22H24N6O3S. The van der Waals surface area contributed by atoms with Crippen molar-refractivity contribution in [3.8, 4) is 0 Å². The predicted molar refractivity (Wildman–Crippen MR) is 121 cm³/mol. The minimum atomic E-state index is -3.76. The zero-order valence-corrected chi connectivity index (χ0v) is 18.2. The Morgan fingerprint density at radius 2 is 1.84 bits per heavy atom. The fraction of sp³-hybridized carbons (Fsp3) is 0.318. The van der Waals surface area contributed by atoms with Crippen LogP contribution in [-0.2, 0) is 10.0 Å². The molecule has 0 radical (unpaired) electrons. The number of nitrogens with two attached hydrogens (primary N) is 1. The summed E-state index contributed by atoms with van der Waals surface area (Å²) in [6.07, 6.45) is 3.91. The van der Waals surface area contributed by atoms with E-state index in [0.717, 1.165) is 37.9 Å². The molecule has 3 aliphatic rings. The van der Waals surface area contributed by atoms with Crippen molar-refractivity contribution >= 4 is 38.5 Å². The van der Waals surface area contributed by atoms with Crippen molar-refractivity contribution < 1.29 is 13.2 Å². The van der Waals surface area contributed by atoms with Crippen LogP contribution in [0.3, 0.4) is 0 Å². The summed E-state index contributed by atoms with van der Waals surface area (Å²) in [5.41, 5.74) is 1.67. The van der Waals surface area contributed by atoms with Crippen molar-refractivity contribution in [3.05, 3.63) is 54.2 Å². The first kappa shape index (κ1) is 20.8. The number of amides is 1. The number of sulfonamides is 1. The molecule has 10 heteroatoms. The van der Waals surface area contributed by atoms with Gasteiger partial charge in [0.1, 0.15) is 0 Å². The van der Waals surface area contributed by atoms with Gasteiger partial charge < -0.3 is 15.5 Å². The molecule has 3 aromatic rings. The molecule has 1 aromatic heterocycles. The molecule has 1 amide bonds. The standard InChI is InChI=1S/C22H24N6O3S/c23-32(30,31)17-6-4-16(5-7-17)25-22-24-12-15-2-1-3-18(20(15)27-22)21(29)26-19-13-28-10-8-14(19)9-11-28/h1-7,12,14,19H,8-11,13H2,(H,26,29)(H2,23,30,31)(H,24,25,27)/t19-/m0/s1. The van der Waals surface area contributed by atoms with Crippen LogP contribution in [0.1, 0.15) is 23.2 Å². The van der Waals surface area contributed by atoms with E-state index in [1.807, 2.05) is 12.1 Å². The third-order valence-corrected chi connectivity index (χ3v) is 7.20. The number of carbonyl (C=O) groups excluding carboxylic acids is 1. The number of fused-ring (bicyclic) bond motifs is 4. The van der Waals surface area contributed by atoms with Crippen molar-refractivity contribution in [2.24, 2.45) is 11.1 Å². The number of para-hydroxylation sites is 1. The second kappa shape index (κ2) is 8.12. The maximum absolute atomic E-state index is 13.1. The molecular weight excluding hydrogens is 428 g/mol. The maximum atomic E-state index is 13.1. The molecule has 6 rings (SSSR count). The molecule has 166 valence electrons. The van der Waals surface area contributed by atoms with Crippen LogP contribution >= 0.6 is 0 Å². The van der Waals surface area contributed by atoms with E-state index in [2.05, 4.69) is 25.5 Å². The third-order valence-electron chi connectivity index (χ3n) is 6.27. The highest BCUT2D eigenvalue weighted by Crippen LogP contribution is 2.28. The number of carbonyl (C=O) groups is 1. The van der Waals surface area contributed by atoms with Crippen molar-refractivity contribution in [3.63, 3.8) is 0 Å². The minimum absolute atomic E-state index is 0.0224. The molecule has 9 nitrogen and oxygen atoms in total. The zero-order chi connectivity index (χ0) is 22.3. The number of rotatable bonds is 5. The van der Waals surface area contributed by atoms with Gasteiger partial charge in [-0.1, -0.05) is 12.1 Å². The van der Waals surface area contributed by atoms with E-state index in [0.29, 0.717) is 28.6 Å². The first-order valence-corrected chi connectivity index (χ1v) is 12.1. The Kier molecular flexibility index (Phi) is 5.28. The monoisotopic (exact) mass is 452 g/mol. The summed E-state index contributed by atoms with van der Waals surface area (Å²) in [5.74, 6) is 0.714. The number of aromatic nitrogens is 2. The van der Waals surface area contributed by atoms with E-state index in [9.17, 15) is 13.2 Å². The summed E-state index contributed by atoms with van der Waals surface area (Å²) in [4.78, 5) is 24.4. The number of piperidine rings is 3. The molecule has 0 aliphatic carbocycles. The van der Waals surface area contributed by atoms with Crippen molar-refractivity contribution in [2.75, 3.05) is 25.0 Å². The molecule has 0 saturated carbocycles. The normalized spacial score (nSPS) is 22.6. The number of primary sulfonamides is 1. The summed E-state index contributed by atoms with van der Waals surface area (Å²) in [5, 5.41) is 12.2. The Hall–Kier alpha value is -3.08. The van der Waals surface area contributed by atoms with Gasteiger partial charge in [-0.2, -0.15) is 0 Å². The number of hydrogen-bond donors (Lipinski definition) is 3. The predicted octanol–water partition coefficient (Wildman–Crippen LogP) is 1.84. The summed E-state index contributed by atoms with van der Waals surface area (Å²) in [7, 11) is -3.76. The Morgan fingerprint density at radius 1 is 1.09 bits per heavy atom. The Balaban J connectivity index is 1.38. The summed E-state index contributed by atoms with van der Waals surface area (Å²) in [6, 6.07) is 11.6. The van der Waals surface area contributed by atoms with E-state index in [-0.39, 0.29) is 16.8 Å². The largest absolute Gasteiger partial charge is 0.348 e. The summed E-state index contributed by atoms with van der Waals surface area (Å²) in [6.45, 7) is 3.13. The van der Waals surface area contributed by atoms with E-state index in [4.69, 9.17) is 5.14 Å². The first-order chi connectivity index (χ1) is 15.4. The molecule has 1 atom stereocenters. The lowest BCUT2D eigenvalue weighted by Gasteiger charge is -2.44. The first-order valence-electron chi connectivity index (χ1n) is 10.6.